The van der Waals surface area contributed by atoms with Crippen LogP contribution >= 0.6 is 0 Å². The Bertz CT molecular complexity index is 1200. The summed E-state index contributed by atoms with van der Waals surface area (Å²) in [4.78, 5) is 0. The molecule has 0 amide bonds. The zero-order valence-corrected chi connectivity index (χ0v) is 20.2. The molecule has 0 aliphatic heterocycles. The molecule has 0 N–H and O–H groups in total. The lowest BCUT2D eigenvalue weighted by molar-refractivity contribution is 0.320. The third kappa shape index (κ3) is 5.87. The van der Waals surface area contributed by atoms with Crippen molar-refractivity contribution in [1.29, 1.82) is 0 Å². The highest BCUT2D eigenvalue weighted by molar-refractivity contribution is 5.68. The molecular weight excluding hydrogens is 445 g/mol. The van der Waals surface area contributed by atoms with Gasteiger partial charge in [-0.25, -0.2) is 13.2 Å². The number of hydrogen-bond acceptors (Lipinski definition) is 1. The van der Waals surface area contributed by atoms with Crippen molar-refractivity contribution in [3.8, 4) is 16.9 Å². The molecule has 0 atom stereocenters. The lowest BCUT2D eigenvalue weighted by Crippen LogP contribution is -2.12. The fraction of sp³-hybridized carbons (Fsp3) is 0.290. The second-order valence-electron chi connectivity index (χ2n) is 9.05. The van der Waals surface area contributed by atoms with Crippen LogP contribution in [0.4, 0.5) is 13.2 Å². The summed E-state index contributed by atoms with van der Waals surface area (Å²) in [6, 6.07) is 15.9. The molecule has 1 nitrogen and oxygen atoms in total. The van der Waals surface area contributed by atoms with Gasteiger partial charge in [0.05, 0.1) is 6.61 Å². The van der Waals surface area contributed by atoms with Crippen LogP contribution in [0.5, 0.6) is 5.75 Å². The first-order valence-electron chi connectivity index (χ1n) is 12.3. The quantitative estimate of drug-likeness (QED) is 0.330. The van der Waals surface area contributed by atoms with Gasteiger partial charge in [0.2, 0.25) is 0 Å². The maximum atomic E-state index is 14.8. The van der Waals surface area contributed by atoms with Gasteiger partial charge < -0.3 is 4.74 Å². The molecule has 4 heteroatoms. The Morgan fingerprint density at radius 3 is 2.26 bits per heavy atom. The van der Waals surface area contributed by atoms with E-state index in [4.69, 9.17) is 4.74 Å². The third-order valence-corrected chi connectivity index (χ3v) is 6.74. The summed E-state index contributed by atoms with van der Waals surface area (Å²) < 4.78 is 49.2. The van der Waals surface area contributed by atoms with Crippen molar-refractivity contribution in [2.24, 2.45) is 5.92 Å². The smallest absolute Gasteiger partial charge is 0.167 e. The molecule has 1 saturated carbocycles. The van der Waals surface area contributed by atoms with E-state index in [-0.39, 0.29) is 16.9 Å². The molecule has 0 saturated heterocycles. The number of hydrogen-bond donors (Lipinski definition) is 0. The second-order valence-corrected chi connectivity index (χ2v) is 9.05. The van der Waals surface area contributed by atoms with Gasteiger partial charge >= 0.3 is 0 Å². The second kappa shape index (κ2) is 11.4. The van der Waals surface area contributed by atoms with Crippen molar-refractivity contribution < 1.29 is 17.9 Å². The van der Waals surface area contributed by atoms with Gasteiger partial charge in [-0.05, 0) is 80.2 Å². The van der Waals surface area contributed by atoms with Crippen molar-refractivity contribution in [2.75, 3.05) is 6.61 Å². The van der Waals surface area contributed by atoms with Gasteiger partial charge in [0.25, 0.3) is 0 Å². The molecule has 0 unspecified atom stereocenters. The Balaban J connectivity index is 1.40. The first-order chi connectivity index (χ1) is 17.0. The minimum atomic E-state index is -0.827. The van der Waals surface area contributed by atoms with Crippen molar-refractivity contribution in [3.63, 3.8) is 0 Å². The Morgan fingerprint density at radius 2 is 1.60 bits per heavy atom. The summed E-state index contributed by atoms with van der Waals surface area (Å²) in [5.41, 5.74) is 3.17. The van der Waals surface area contributed by atoms with Gasteiger partial charge in [-0.15, -0.1) is 0 Å². The van der Waals surface area contributed by atoms with Crippen LogP contribution < -0.4 is 4.74 Å². The molecule has 0 aromatic heterocycles. The lowest BCUT2D eigenvalue weighted by atomic mass is 9.78. The van der Waals surface area contributed by atoms with Gasteiger partial charge in [0.1, 0.15) is 0 Å². The average molecular weight is 477 g/mol. The lowest BCUT2D eigenvalue weighted by Gasteiger charge is -2.27. The van der Waals surface area contributed by atoms with E-state index in [1.165, 1.54) is 0 Å². The van der Waals surface area contributed by atoms with Crippen molar-refractivity contribution >= 4 is 12.2 Å². The van der Waals surface area contributed by atoms with E-state index in [1.807, 2.05) is 50.3 Å². The van der Waals surface area contributed by atoms with Crippen molar-refractivity contribution in [1.82, 2.24) is 0 Å². The number of rotatable bonds is 7. The van der Waals surface area contributed by atoms with E-state index < -0.39 is 11.6 Å². The van der Waals surface area contributed by atoms with Crippen LogP contribution in [0.25, 0.3) is 23.3 Å². The standard InChI is InChI=1S/C31H31F3O/c1-3-5-21-8-13-24(14-9-21)27-18-16-25(30(33)31(27)34)15-10-22-6-11-23(12-7-22)26-17-19-29(35-4-2)28(32)20-26/h3,5,8-10,13-20,22-23H,4,6-7,11-12H2,1-2H3/b5-3+,15-10+. The van der Waals surface area contributed by atoms with E-state index in [1.54, 1.807) is 42.5 Å². The van der Waals surface area contributed by atoms with E-state index in [0.717, 1.165) is 36.8 Å². The molecule has 0 radical (unpaired) electrons. The van der Waals surface area contributed by atoms with E-state index >= 15 is 0 Å². The van der Waals surface area contributed by atoms with Crippen LogP contribution in [0, 0.1) is 23.4 Å². The van der Waals surface area contributed by atoms with Crippen LogP contribution in [0.1, 0.15) is 62.1 Å². The van der Waals surface area contributed by atoms with E-state index in [9.17, 15) is 13.2 Å². The SMILES string of the molecule is C/C=C/c1ccc(-c2ccc(/C=C/C3CCC(c4ccc(OCC)c(F)c4)CC3)c(F)c2F)cc1. The summed E-state index contributed by atoms with van der Waals surface area (Å²) >= 11 is 0. The molecule has 0 bridgehead atoms. The maximum Gasteiger partial charge on any atom is 0.167 e. The predicted molar refractivity (Wildman–Crippen MR) is 138 cm³/mol. The topological polar surface area (TPSA) is 9.23 Å². The highest BCUT2D eigenvalue weighted by Crippen LogP contribution is 2.38. The fourth-order valence-electron chi connectivity index (χ4n) is 4.81. The molecule has 35 heavy (non-hydrogen) atoms. The highest BCUT2D eigenvalue weighted by Gasteiger charge is 2.22. The van der Waals surface area contributed by atoms with Gasteiger partial charge in [-0.1, -0.05) is 66.8 Å². The number of ether oxygens (including phenoxy) is 1. The van der Waals surface area contributed by atoms with Gasteiger partial charge in [-0.3, -0.25) is 0 Å². The summed E-state index contributed by atoms with van der Waals surface area (Å²) in [7, 11) is 0. The number of benzene rings is 3. The molecule has 1 fully saturated rings. The van der Waals surface area contributed by atoms with Crippen molar-refractivity contribution in [3.05, 3.63) is 101 Å². The van der Waals surface area contributed by atoms with Crippen LogP contribution in [0.15, 0.2) is 66.7 Å². The Labute approximate surface area is 206 Å². The van der Waals surface area contributed by atoms with Gasteiger partial charge in [0, 0.05) is 11.1 Å². The average Bonchev–Trinajstić information content (AvgIpc) is 2.87. The Kier molecular flexibility index (Phi) is 8.12. The molecule has 0 heterocycles. The van der Waals surface area contributed by atoms with E-state index in [2.05, 4.69) is 0 Å². The van der Waals surface area contributed by atoms with Crippen molar-refractivity contribution in [2.45, 2.75) is 45.4 Å². The highest BCUT2D eigenvalue weighted by atomic mass is 19.2. The van der Waals surface area contributed by atoms with E-state index in [0.29, 0.717) is 29.8 Å². The van der Waals surface area contributed by atoms with Crippen LogP contribution in [-0.2, 0) is 0 Å². The fourth-order valence-corrected chi connectivity index (χ4v) is 4.81. The predicted octanol–water partition coefficient (Wildman–Crippen LogP) is 9.19. The zero-order valence-electron chi connectivity index (χ0n) is 20.2. The van der Waals surface area contributed by atoms with Crippen LogP contribution in [-0.4, -0.2) is 6.61 Å². The maximum absolute atomic E-state index is 14.8. The molecule has 1 aliphatic rings. The monoisotopic (exact) mass is 476 g/mol. The largest absolute Gasteiger partial charge is 0.491 e. The summed E-state index contributed by atoms with van der Waals surface area (Å²) in [5.74, 6) is -1.08. The number of allylic oxidation sites excluding steroid dienone is 2. The summed E-state index contributed by atoms with van der Waals surface area (Å²) in [6.45, 7) is 4.20. The first-order valence-corrected chi connectivity index (χ1v) is 12.3. The minimum absolute atomic E-state index is 0.257. The molecule has 3 aromatic rings. The molecule has 1 aliphatic carbocycles. The molecular formula is C31H31F3O. The Morgan fingerprint density at radius 1 is 0.857 bits per heavy atom. The first kappa shape index (κ1) is 24.8. The van der Waals surface area contributed by atoms with Crippen LogP contribution in [0.3, 0.4) is 0 Å². The molecule has 3 aromatic carbocycles. The molecule has 4 rings (SSSR count). The Hall–Kier alpha value is -3.27. The zero-order chi connectivity index (χ0) is 24.8. The van der Waals surface area contributed by atoms with Crippen LogP contribution in [0.2, 0.25) is 0 Å². The third-order valence-electron chi connectivity index (χ3n) is 6.74. The normalized spacial score (nSPS) is 18.4. The molecule has 0 spiro atoms. The number of halogens is 3. The van der Waals surface area contributed by atoms with Gasteiger partial charge in [0.15, 0.2) is 23.2 Å². The summed E-state index contributed by atoms with van der Waals surface area (Å²) in [6.07, 6.45) is 11.3. The minimum Gasteiger partial charge on any atom is -0.491 e. The summed E-state index contributed by atoms with van der Waals surface area (Å²) in [5, 5.41) is 0. The molecule has 182 valence electrons. The van der Waals surface area contributed by atoms with Gasteiger partial charge in [-0.2, -0.15) is 0 Å².